The number of aromatic amines is 2. The number of phenols is 2. The summed E-state index contributed by atoms with van der Waals surface area (Å²) < 4.78 is 0. The van der Waals surface area contributed by atoms with Gasteiger partial charge in [0.05, 0.1) is 22.8 Å². The summed E-state index contributed by atoms with van der Waals surface area (Å²) in [5.41, 5.74) is 17.9. The summed E-state index contributed by atoms with van der Waals surface area (Å²) in [4.78, 5) is 18.2. The van der Waals surface area contributed by atoms with Gasteiger partial charge in [-0.05, 0) is 104 Å². The van der Waals surface area contributed by atoms with Gasteiger partial charge in [0.1, 0.15) is 0 Å². The molecule has 256 valence electrons. The van der Waals surface area contributed by atoms with Crippen LogP contribution in [0.3, 0.4) is 0 Å². The Bertz CT molecular complexity index is 2760. The number of aromatic nitrogens is 4. The quantitative estimate of drug-likeness (QED) is 0.138. The van der Waals surface area contributed by atoms with Crippen LogP contribution >= 0.6 is 0 Å². The van der Waals surface area contributed by atoms with Crippen molar-refractivity contribution in [2.75, 3.05) is 0 Å². The Labute approximate surface area is 307 Å². The van der Waals surface area contributed by atoms with Crippen molar-refractivity contribution in [1.29, 1.82) is 0 Å². The second-order valence-corrected chi connectivity index (χ2v) is 13.8. The molecule has 4 N–H and O–H groups in total. The highest BCUT2D eigenvalue weighted by Gasteiger charge is 2.19. The minimum atomic E-state index is -0.201. The van der Waals surface area contributed by atoms with E-state index in [2.05, 4.69) is 134 Å². The molecule has 0 amide bonds. The highest BCUT2D eigenvalue weighted by molar-refractivity contribution is 6.00. The molecule has 9 rings (SSSR count). The molecule has 0 unspecified atom stereocenters. The first-order chi connectivity index (χ1) is 25.8. The first-order valence-electron chi connectivity index (χ1n) is 17.7. The SMILES string of the molecule is Cc1ccc(-c2c3nc(c(-c4ccc(C)cc4)c4ccc([nH]4)c(-c4ccc(O)c(O)c4)c4nc(c(-c5ccc(C)cc5)c5ccc2[nH]5)C=C4)C=C3)cc1. The largest absolute Gasteiger partial charge is 0.504 e. The lowest BCUT2D eigenvalue weighted by Gasteiger charge is -2.08. The summed E-state index contributed by atoms with van der Waals surface area (Å²) in [5.74, 6) is -0.383. The van der Waals surface area contributed by atoms with E-state index in [0.717, 1.165) is 83.8 Å². The van der Waals surface area contributed by atoms with Crippen molar-refractivity contribution in [2.45, 2.75) is 20.8 Å². The topological polar surface area (TPSA) is 97.8 Å². The van der Waals surface area contributed by atoms with E-state index in [9.17, 15) is 10.2 Å². The number of rotatable bonds is 4. The zero-order chi connectivity index (χ0) is 36.2. The van der Waals surface area contributed by atoms with Gasteiger partial charge >= 0.3 is 0 Å². The van der Waals surface area contributed by atoms with Crippen LogP contribution in [-0.4, -0.2) is 30.1 Å². The molecule has 3 aromatic heterocycles. The Balaban J connectivity index is 1.47. The van der Waals surface area contributed by atoms with Gasteiger partial charge in [0.15, 0.2) is 11.5 Å². The average Bonchev–Trinajstić information content (AvgIpc) is 4.00. The number of H-pyrrole nitrogens is 2. The Morgan fingerprint density at radius 2 is 0.660 bits per heavy atom. The Morgan fingerprint density at radius 1 is 0.358 bits per heavy atom. The molecule has 0 radical (unpaired) electrons. The van der Waals surface area contributed by atoms with Gasteiger partial charge in [0, 0.05) is 44.3 Å². The minimum Gasteiger partial charge on any atom is -0.504 e. The van der Waals surface area contributed by atoms with Gasteiger partial charge in [0.25, 0.3) is 0 Å². The third kappa shape index (κ3) is 5.80. The van der Waals surface area contributed by atoms with Crippen LogP contribution in [0.2, 0.25) is 0 Å². The van der Waals surface area contributed by atoms with Crippen LogP contribution in [0.15, 0.2) is 115 Å². The lowest BCUT2D eigenvalue weighted by molar-refractivity contribution is 0.404. The highest BCUT2D eigenvalue weighted by atomic mass is 16.3. The maximum Gasteiger partial charge on any atom is 0.158 e. The van der Waals surface area contributed by atoms with Gasteiger partial charge < -0.3 is 20.2 Å². The predicted molar refractivity (Wildman–Crippen MR) is 218 cm³/mol. The fourth-order valence-corrected chi connectivity index (χ4v) is 7.26. The molecule has 53 heavy (non-hydrogen) atoms. The van der Waals surface area contributed by atoms with E-state index in [0.29, 0.717) is 5.56 Å². The number of phenolic OH excluding ortho intramolecular Hbond substituents is 2. The zero-order valence-electron chi connectivity index (χ0n) is 29.6. The molecule has 7 aromatic rings. The van der Waals surface area contributed by atoms with Crippen molar-refractivity contribution in [1.82, 2.24) is 19.9 Å². The minimum absolute atomic E-state index is 0.182. The van der Waals surface area contributed by atoms with E-state index in [1.165, 1.54) is 22.8 Å². The fraction of sp³-hybridized carbons (Fsp3) is 0.0638. The van der Waals surface area contributed by atoms with Gasteiger partial charge in [-0.15, -0.1) is 0 Å². The second kappa shape index (κ2) is 12.7. The Hall–Kier alpha value is -6.92. The van der Waals surface area contributed by atoms with E-state index < -0.39 is 0 Å². The summed E-state index contributed by atoms with van der Waals surface area (Å²) in [5, 5.41) is 20.9. The smallest absolute Gasteiger partial charge is 0.158 e. The molecule has 4 aromatic carbocycles. The van der Waals surface area contributed by atoms with E-state index >= 15 is 0 Å². The third-order valence-electron chi connectivity index (χ3n) is 10.0. The lowest BCUT2D eigenvalue weighted by Crippen LogP contribution is -1.90. The van der Waals surface area contributed by atoms with Gasteiger partial charge in [-0.3, -0.25) is 0 Å². The van der Waals surface area contributed by atoms with Crippen molar-refractivity contribution >= 4 is 46.4 Å². The van der Waals surface area contributed by atoms with Crippen molar-refractivity contribution in [3.05, 3.63) is 155 Å². The highest BCUT2D eigenvalue weighted by Crippen LogP contribution is 2.40. The van der Waals surface area contributed by atoms with E-state index in [4.69, 9.17) is 9.97 Å². The summed E-state index contributed by atoms with van der Waals surface area (Å²) in [6.07, 6.45) is 8.27. The summed E-state index contributed by atoms with van der Waals surface area (Å²) in [7, 11) is 0. The first-order valence-corrected chi connectivity index (χ1v) is 17.7. The van der Waals surface area contributed by atoms with Gasteiger partial charge in [-0.1, -0.05) is 95.6 Å². The van der Waals surface area contributed by atoms with Crippen LogP contribution in [0.1, 0.15) is 39.5 Å². The summed E-state index contributed by atoms with van der Waals surface area (Å²) >= 11 is 0. The van der Waals surface area contributed by atoms with Crippen molar-refractivity contribution in [2.24, 2.45) is 0 Å². The molecular formula is C47H36N4O2. The number of benzene rings is 4. The molecule has 0 saturated heterocycles. The monoisotopic (exact) mass is 688 g/mol. The van der Waals surface area contributed by atoms with Crippen LogP contribution < -0.4 is 0 Å². The zero-order valence-corrected chi connectivity index (χ0v) is 29.6. The number of aryl methyl sites for hydroxylation is 3. The standard InChI is InChI=1S/C47H36N4O2/c1-27-4-10-30(11-5-27)44-34-17-19-36(48-34)45(31-12-6-28(2)7-13-31)38-21-23-40(50-38)47(33-16-25-42(52)43(53)26-33)41-24-22-39(51-41)46(37-20-18-35(44)49-37)32-14-8-29(3)9-15-32/h4-26,48,51-53H,1-3H3. The first kappa shape index (κ1) is 32.0. The van der Waals surface area contributed by atoms with E-state index in [-0.39, 0.29) is 11.5 Å². The number of nitrogens with one attached hydrogen (secondary N) is 2. The molecule has 0 saturated carbocycles. The molecule has 0 spiro atoms. The fourth-order valence-electron chi connectivity index (χ4n) is 7.26. The number of hydrogen-bond acceptors (Lipinski definition) is 4. The maximum absolute atomic E-state index is 10.7. The van der Waals surface area contributed by atoms with Crippen molar-refractivity contribution in [3.8, 4) is 56.0 Å². The van der Waals surface area contributed by atoms with Gasteiger partial charge in [-0.2, -0.15) is 0 Å². The molecule has 5 heterocycles. The number of hydrogen-bond donors (Lipinski definition) is 4. The van der Waals surface area contributed by atoms with Crippen LogP contribution in [-0.2, 0) is 0 Å². The summed E-state index contributed by atoms with van der Waals surface area (Å²) in [6.45, 7) is 6.27. The van der Waals surface area contributed by atoms with Crippen LogP contribution in [0.5, 0.6) is 11.5 Å². The molecule has 2 aliphatic heterocycles. The van der Waals surface area contributed by atoms with Gasteiger partial charge in [0.2, 0.25) is 0 Å². The maximum atomic E-state index is 10.7. The van der Waals surface area contributed by atoms with Crippen LogP contribution in [0.25, 0.3) is 90.9 Å². The lowest BCUT2D eigenvalue weighted by atomic mass is 10.0. The van der Waals surface area contributed by atoms with E-state index in [1.54, 1.807) is 12.1 Å². The number of fused-ring (bicyclic) bond motifs is 8. The molecule has 6 nitrogen and oxygen atoms in total. The van der Waals surface area contributed by atoms with Crippen molar-refractivity contribution in [3.63, 3.8) is 0 Å². The third-order valence-corrected chi connectivity index (χ3v) is 10.0. The van der Waals surface area contributed by atoms with Gasteiger partial charge in [-0.25, -0.2) is 9.97 Å². The molecular weight excluding hydrogens is 653 g/mol. The molecule has 0 fully saturated rings. The normalized spacial score (nSPS) is 12.1. The summed E-state index contributed by atoms with van der Waals surface area (Å²) in [6, 6.07) is 38.9. The molecule has 6 heteroatoms. The van der Waals surface area contributed by atoms with Crippen LogP contribution in [0, 0.1) is 20.8 Å². The van der Waals surface area contributed by atoms with E-state index in [1.807, 2.05) is 18.2 Å². The molecule has 0 aliphatic carbocycles. The number of nitrogens with zero attached hydrogens (tertiary/aromatic N) is 2. The Morgan fingerprint density at radius 3 is 0.981 bits per heavy atom. The molecule has 0 atom stereocenters. The second-order valence-electron chi connectivity index (χ2n) is 13.8. The average molecular weight is 689 g/mol. The number of aromatic hydroxyl groups is 2. The predicted octanol–water partition coefficient (Wildman–Crippen LogP) is 11.7. The molecule has 8 bridgehead atoms. The van der Waals surface area contributed by atoms with Crippen LogP contribution in [0.4, 0.5) is 0 Å². The van der Waals surface area contributed by atoms with Crippen molar-refractivity contribution < 1.29 is 10.2 Å². The Kier molecular flexibility index (Phi) is 7.67. The molecule has 2 aliphatic rings.